The van der Waals surface area contributed by atoms with Crippen LogP contribution in [0.3, 0.4) is 0 Å². The fraction of sp³-hybridized carbons (Fsp3) is 0.476. The van der Waals surface area contributed by atoms with Crippen LogP contribution in [0.2, 0.25) is 0 Å². The Bertz CT molecular complexity index is 904. The van der Waals surface area contributed by atoms with Crippen LogP contribution < -0.4 is 10.6 Å². The quantitative estimate of drug-likeness (QED) is 0.0802. The highest BCUT2D eigenvalue weighted by molar-refractivity contribution is 14.0. The van der Waals surface area contributed by atoms with Crippen molar-refractivity contribution in [3.63, 3.8) is 0 Å². The van der Waals surface area contributed by atoms with Crippen molar-refractivity contribution in [1.82, 2.24) is 15.5 Å². The van der Waals surface area contributed by atoms with Gasteiger partial charge in [0, 0.05) is 38.8 Å². The van der Waals surface area contributed by atoms with E-state index in [9.17, 15) is 19.7 Å². The normalized spacial score (nSPS) is 26.1. The molecule has 31 heavy (non-hydrogen) atoms. The van der Waals surface area contributed by atoms with Crippen LogP contribution in [0.1, 0.15) is 18.4 Å². The van der Waals surface area contributed by atoms with E-state index < -0.39 is 4.92 Å². The molecule has 0 aromatic heterocycles. The van der Waals surface area contributed by atoms with E-state index in [1.807, 2.05) is 0 Å². The molecule has 9 nitrogen and oxygen atoms in total. The van der Waals surface area contributed by atoms with E-state index in [-0.39, 0.29) is 65.2 Å². The molecule has 1 saturated heterocycles. The number of likely N-dealkylation sites (tertiary alicyclic amines) is 1. The van der Waals surface area contributed by atoms with Gasteiger partial charge in [0.2, 0.25) is 11.8 Å². The van der Waals surface area contributed by atoms with Crippen molar-refractivity contribution in [1.29, 1.82) is 0 Å². The molecular formula is C21H26IN5O4. The zero-order valence-corrected chi connectivity index (χ0v) is 19.5. The number of nitro groups is 1. The molecule has 0 spiro atoms. The molecule has 10 heteroatoms. The highest BCUT2D eigenvalue weighted by Gasteiger charge is 2.58. The first-order valence-corrected chi connectivity index (χ1v) is 10.2. The molecule has 2 amide bonds. The third-order valence-corrected chi connectivity index (χ3v) is 6.22. The average Bonchev–Trinajstić information content (AvgIpc) is 3.42. The SMILES string of the molecule is CN=C(NCCCN1C(=O)C2C3C=CC(C3)C2C1=O)NCc1cccc([N+](=O)[O-])c1.I. The number of guanidine groups is 1. The van der Waals surface area contributed by atoms with Crippen molar-refractivity contribution in [3.8, 4) is 0 Å². The van der Waals surface area contributed by atoms with Gasteiger partial charge < -0.3 is 10.6 Å². The van der Waals surface area contributed by atoms with Crippen LogP contribution in [0.5, 0.6) is 0 Å². The number of hydrogen-bond donors (Lipinski definition) is 2. The molecule has 1 aromatic carbocycles. The number of nitrogens with zero attached hydrogens (tertiary/aromatic N) is 3. The zero-order chi connectivity index (χ0) is 21.3. The van der Waals surface area contributed by atoms with Crippen LogP contribution in [0.25, 0.3) is 0 Å². The molecule has 2 fully saturated rings. The Kier molecular flexibility index (Phi) is 7.29. The summed E-state index contributed by atoms with van der Waals surface area (Å²) in [5.41, 5.74) is 0.820. The summed E-state index contributed by atoms with van der Waals surface area (Å²) in [6, 6.07) is 6.42. The Morgan fingerprint density at radius 2 is 1.87 bits per heavy atom. The van der Waals surface area contributed by atoms with Crippen molar-refractivity contribution in [2.45, 2.75) is 19.4 Å². The second kappa shape index (κ2) is 9.75. The highest BCUT2D eigenvalue weighted by atomic mass is 127. The lowest BCUT2D eigenvalue weighted by atomic mass is 9.85. The fourth-order valence-corrected chi connectivity index (χ4v) is 4.81. The largest absolute Gasteiger partial charge is 0.356 e. The van der Waals surface area contributed by atoms with Gasteiger partial charge >= 0.3 is 0 Å². The van der Waals surface area contributed by atoms with Crippen LogP contribution in [0, 0.1) is 33.8 Å². The molecule has 1 aromatic rings. The van der Waals surface area contributed by atoms with Gasteiger partial charge in [-0.2, -0.15) is 0 Å². The summed E-state index contributed by atoms with van der Waals surface area (Å²) in [6.07, 6.45) is 5.75. The lowest BCUT2D eigenvalue weighted by Crippen LogP contribution is -2.39. The van der Waals surface area contributed by atoms with Gasteiger partial charge in [0.1, 0.15) is 0 Å². The smallest absolute Gasteiger partial charge is 0.269 e. The first-order chi connectivity index (χ1) is 14.5. The number of halogens is 1. The number of benzene rings is 1. The standard InChI is InChI=1S/C21H25N5O4.HI/c1-22-21(24-12-13-4-2-5-16(10-13)26(29)30)23-8-3-9-25-19(27)17-14-6-7-15(11-14)18(17)20(25)28;/h2,4-7,10,14-15,17-18H,3,8-9,11-12H2,1H3,(H2,22,23,24);1H. The monoisotopic (exact) mass is 539 g/mol. The second-order valence-electron chi connectivity index (χ2n) is 7.96. The van der Waals surface area contributed by atoms with Gasteiger partial charge in [0.05, 0.1) is 16.8 Å². The molecule has 4 rings (SSSR count). The van der Waals surface area contributed by atoms with E-state index in [0.717, 1.165) is 12.0 Å². The molecule has 2 bridgehead atoms. The topological polar surface area (TPSA) is 117 Å². The van der Waals surface area contributed by atoms with Gasteiger partial charge in [-0.3, -0.25) is 29.6 Å². The van der Waals surface area contributed by atoms with Crippen molar-refractivity contribution in [2.75, 3.05) is 20.1 Å². The van der Waals surface area contributed by atoms with E-state index in [0.29, 0.717) is 32.0 Å². The van der Waals surface area contributed by atoms with Crippen LogP contribution in [0.4, 0.5) is 5.69 Å². The van der Waals surface area contributed by atoms with Crippen LogP contribution in [-0.4, -0.2) is 47.7 Å². The molecule has 4 unspecified atom stereocenters. The molecule has 2 aliphatic carbocycles. The first kappa shape index (κ1) is 23.2. The van der Waals surface area contributed by atoms with Crippen LogP contribution >= 0.6 is 24.0 Å². The number of imide groups is 1. The minimum atomic E-state index is -0.423. The second-order valence-corrected chi connectivity index (χ2v) is 7.96. The molecule has 0 radical (unpaired) electrons. The molecule has 166 valence electrons. The third-order valence-electron chi connectivity index (χ3n) is 6.22. The number of carbonyl (C=O) groups excluding carboxylic acids is 2. The van der Waals surface area contributed by atoms with E-state index in [1.54, 1.807) is 19.2 Å². The summed E-state index contributed by atoms with van der Waals surface area (Å²) < 4.78 is 0. The molecule has 2 N–H and O–H groups in total. The third kappa shape index (κ3) is 4.58. The Morgan fingerprint density at radius 1 is 1.19 bits per heavy atom. The number of aliphatic imine (C=N–C) groups is 1. The highest BCUT2D eigenvalue weighted by Crippen LogP contribution is 2.52. The lowest BCUT2D eigenvalue weighted by Gasteiger charge is -2.18. The van der Waals surface area contributed by atoms with Crippen molar-refractivity contribution >= 4 is 47.4 Å². The Hall–Kier alpha value is -2.50. The van der Waals surface area contributed by atoms with Crippen molar-refractivity contribution < 1.29 is 14.5 Å². The van der Waals surface area contributed by atoms with Gasteiger partial charge in [0.25, 0.3) is 5.69 Å². The Labute approximate surface area is 197 Å². The van der Waals surface area contributed by atoms with Gasteiger partial charge in [0.15, 0.2) is 5.96 Å². The number of amides is 2. The number of nitro benzene ring substituents is 1. The maximum atomic E-state index is 12.7. The van der Waals surface area contributed by atoms with E-state index in [1.165, 1.54) is 17.0 Å². The summed E-state index contributed by atoms with van der Waals surface area (Å²) in [4.78, 5) is 41.4. The summed E-state index contributed by atoms with van der Waals surface area (Å²) in [7, 11) is 1.64. The lowest BCUT2D eigenvalue weighted by molar-refractivity contribution is -0.384. The first-order valence-electron chi connectivity index (χ1n) is 10.2. The van der Waals surface area contributed by atoms with Crippen molar-refractivity contribution in [3.05, 3.63) is 52.1 Å². The molecule has 1 heterocycles. The number of rotatable bonds is 7. The van der Waals surface area contributed by atoms with Crippen molar-refractivity contribution in [2.24, 2.45) is 28.7 Å². The Morgan fingerprint density at radius 3 is 2.48 bits per heavy atom. The minimum absolute atomic E-state index is 0. The van der Waals surface area contributed by atoms with Crippen LogP contribution in [0.15, 0.2) is 41.4 Å². The summed E-state index contributed by atoms with van der Waals surface area (Å²) >= 11 is 0. The van der Waals surface area contributed by atoms with Gasteiger partial charge in [-0.1, -0.05) is 24.3 Å². The van der Waals surface area contributed by atoms with E-state index in [4.69, 9.17) is 0 Å². The number of carbonyl (C=O) groups is 2. The fourth-order valence-electron chi connectivity index (χ4n) is 4.81. The van der Waals surface area contributed by atoms with E-state index in [2.05, 4.69) is 27.8 Å². The number of hydrogen-bond acceptors (Lipinski definition) is 5. The summed E-state index contributed by atoms with van der Waals surface area (Å²) in [6.45, 7) is 1.34. The summed E-state index contributed by atoms with van der Waals surface area (Å²) in [5, 5.41) is 17.1. The zero-order valence-electron chi connectivity index (χ0n) is 17.2. The minimum Gasteiger partial charge on any atom is -0.356 e. The number of allylic oxidation sites excluding steroid dienone is 2. The molecule has 4 atom stereocenters. The maximum absolute atomic E-state index is 12.7. The average molecular weight is 539 g/mol. The maximum Gasteiger partial charge on any atom is 0.269 e. The molecule has 1 saturated carbocycles. The number of non-ortho nitro benzene ring substituents is 1. The van der Waals surface area contributed by atoms with Gasteiger partial charge in [-0.25, -0.2) is 0 Å². The van der Waals surface area contributed by atoms with Gasteiger partial charge in [-0.15, -0.1) is 24.0 Å². The summed E-state index contributed by atoms with van der Waals surface area (Å²) in [5.74, 6) is 0.687. The number of nitrogens with one attached hydrogen (secondary N) is 2. The molecule has 3 aliphatic rings. The van der Waals surface area contributed by atoms with Gasteiger partial charge in [-0.05, 0) is 30.2 Å². The predicted molar refractivity (Wildman–Crippen MR) is 126 cm³/mol. The van der Waals surface area contributed by atoms with Crippen LogP contribution in [-0.2, 0) is 16.1 Å². The predicted octanol–water partition coefficient (Wildman–Crippen LogP) is 2.08. The molecule has 1 aliphatic heterocycles. The number of fused-ring (bicyclic) bond motifs is 5. The van der Waals surface area contributed by atoms with E-state index >= 15 is 0 Å². The Balaban J connectivity index is 0.00000272. The molecular weight excluding hydrogens is 513 g/mol.